The van der Waals surface area contributed by atoms with Crippen LogP contribution in [0.5, 0.6) is 5.75 Å². The lowest BCUT2D eigenvalue weighted by atomic mass is 10.1. The molecule has 0 aliphatic carbocycles. The van der Waals surface area contributed by atoms with Crippen LogP contribution in [0.3, 0.4) is 0 Å². The number of hydrogen-bond acceptors (Lipinski definition) is 4. The lowest BCUT2D eigenvalue weighted by Gasteiger charge is -2.20. The molecular weight excluding hydrogens is 399 g/mol. The highest BCUT2D eigenvalue weighted by Gasteiger charge is 2.13. The Bertz CT molecular complexity index is 726. The van der Waals surface area contributed by atoms with E-state index in [4.69, 9.17) is 21.1 Å². The molecule has 0 aliphatic rings. The first-order valence-corrected chi connectivity index (χ1v) is 9.33. The standard InChI is InChI=1S/C21H27ClN2O3.ClH/c1-15(24-13-20(26-3)17-5-4-6-18(22)12-17)11-16-7-9-19(10-8-16)27-14-21(25)23-2;/h4-10,12,15,20,24H,11,13-14H2,1-3H3,(H,23,25);1H. The molecule has 0 fully saturated rings. The molecule has 0 spiro atoms. The highest BCUT2D eigenvalue weighted by molar-refractivity contribution is 6.30. The number of halogens is 2. The zero-order chi connectivity index (χ0) is 19.6. The molecule has 2 aromatic rings. The van der Waals surface area contributed by atoms with Crippen LogP contribution in [0.2, 0.25) is 5.02 Å². The molecular formula is C21H28Cl2N2O3. The third-order valence-corrected chi connectivity index (χ3v) is 4.51. The van der Waals surface area contributed by atoms with E-state index in [1.807, 2.05) is 48.5 Å². The topological polar surface area (TPSA) is 59.6 Å². The van der Waals surface area contributed by atoms with Crippen LogP contribution in [0.15, 0.2) is 48.5 Å². The Morgan fingerprint density at radius 2 is 1.89 bits per heavy atom. The van der Waals surface area contributed by atoms with Gasteiger partial charge >= 0.3 is 0 Å². The van der Waals surface area contributed by atoms with Crippen LogP contribution >= 0.6 is 24.0 Å². The number of benzene rings is 2. The highest BCUT2D eigenvalue weighted by Crippen LogP contribution is 2.20. The Morgan fingerprint density at radius 1 is 1.18 bits per heavy atom. The van der Waals surface area contributed by atoms with Gasteiger partial charge < -0.3 is 20.1 Å². The van der Waals surface area contributed by atoms with Gasteiger partial charge in [0.05, 0.1) is 6.10 Å². The van der Waals surface area contributed by atoms with Gasteiger partial charge in [0.1, 0.15) is 5.75 Å². The van der Waals surface area contributed by atoms with Crippen LogP contribution in [0.25, 0.3) is 0 Å². The number of ether oxygens (including phenoxy) is 2. The van der Waals surface area contributed by atoms with E-state index in [0.717, 1.165) is 12.0 Å². The molecule has 2 unspecified atom stereocenters. The molecule has 0 aromatic heterocycles. The van der Waals surface area contributed by atoms with Crippen molar-refractivity contribution in [2.45, 2.75) is 25.5 Å². The van der Waals surface area contributed by atoms with Crippen LogP contribution in [0.1, 0.15) is 24.2 Å². The van der Waals surface area contributed by atoms with E-state index < -0.39 is 0 Å². The highest BCUT2D eigenvalue weighted by atomic mass is 35.5. The number of carbonyl (C=O) groups is 1. The zero-order valence-corrected chi connectivity index (χ0v) is 18.0. The van der Waals surface area contributed by atoms with Crippen molar-refractivity contribution in [3.8, 4) is 5.75 Å². The minimum Gasteiger partial charge on any atom is -0.484 e. The molecule has 154 valence electrons. The minimum atomic E-state index is -0.149. The summed E-state index contributed by atoms with van der Waals surface area (Å²) in [6.07, 6.45) is 0.827. The van der Waals surface area contributed by atoms with Gasteiger partial charge in [-0.05, 0) is 48.7 Å². The summed E-state index contributed by atoms with van der Waals surface area (Å²) in [5, 5.41) is 6.75. The van der Waals surface area contributed by atoms with Crippen molar-refractivity contribution in [1.29, 1.82) is 0 Å². The minimum absolute atomic E-state index is 0. The molecule has 2 N–H and O–H groups in total. The Kier molecular flexibility index (Phi) is 10.9. The second-order valence-electron chi connectivity index (χ2n) is 6.40. The van der Waals surface area contributed by atoms with Crippen molar-refractivity contribution in [3.05, 3.63) is 64.7 Å². The molecule has 0 saturated carbocycles. The normalized spacial score (nSPS) is 12.6. The first kappa shape index (κ1) is 24.2. The predicted octanol–water partition coefficient (Wildman–Crippen LogP) is 3.79. The van der Waals surface area contributed by atoms with Crippen molar-refractivity contribution in [1.82, 2.24) is 10.6 Å². The fourth-order valence-electron chi connectivity index (χ4n) is 2.72. The van der Waals surface area contributed by atoms with E-state index in [1.165, 1.54) is 5.56 Å². The lowest BCUT2D eigenvalue weighted by Crippen LogP contribution is -2.32. The molecule has 0 heterocycles. The van der Waals surface area contributed by atoms with E-state index >= 15 is 0 Å². The summed E-state index contributed by atoms with van der Waals surface area (Å²) in [4.78, 5) is 11.2. The first-order chi connectivity index (χ1) is 13.0. The second-order valence-corrected chi connectivity index (χ2v) is 6.84. The maximum Gasteiger partial charge on any atom is 0.257 e. The van der Waals surface area contributed by atoms with E-state index in [1.54, 1.807) is 14.2 Å². The van der Waals surface area contributed by atoms with E-state index in [2.05, 4.69) is 17.6 Å². The molecule has 28 heavy (non-hydrogen) atoms. The molecule has 0 saturated heterocycles. The second kappa shape index (κ2) is 12.6. The van der Waals surface area contributed by atoms with E-state index in [0.29, 0.717) is 17.3 Å². The van der Waals surface area contributed by atoms with E-state index in [-0.39, 0.29) is 37.1 Å². The molecule has 1 amide bonds. The van der Waals surface area contributed by atoms with Crippen molar-refractivity contribution in [2.24, 2.45) is 0 Å². The molecule has 0 aliphatic heterocycles. The molecule has 0 bridgehead atoms. The van der Waals surface area contributed by atoms with Crippen LogP contribution in [0.4, 0.5) is 0 Å². The number of carbonyl (C=O) groups excluding carboxylic acids is 1. The van der Waals surface area contributed by atoms with Gasteiger partial charge in [0, 0.05) is 31.8 Å². The first-order valence-electron chi connectivity index (χ1n) is 8.95. The summed E-state index contributed by atoms with van der Waals surface area (Å²) >= 11 is 6.07. The van der Waals surface area contributed by atoms with Crippen molar-refractivity contribution < 1.29 is 14.3 Å². The van der Waals surface area contributed by atoms with E-state index in [9.17, 15) is 4.79 Å². The molecule has 2 aromatic carbocycles. The molecule has 5 nitrogen and oxygen atoms in total. The van der Waals surface area contributed by atoms with Gasteiger partial charge in [-0.25, -0.2) is 0 Å². The average molecular weight is 427 g/mol. The maximum absolute atomic E-state index is 11.2. The summed E-state index contributed by atoms with van der Waals surface area (Å²) in [5.41, 5.74) is 2.25. The van der Waals surface area contributed by atoms with Crippen molar-refractivity contribution in [3.63, 3.8) is 0 Å². The smallest absolute Gasteiger partial charge is 0.257 e. The Labute approximate surface area is 178 Å². The number of nitrogens with one attached hydrogen (secondary N) is 2. The van der Waals surface area contributed by atoms with Gasteiger partial charge in [-0.2, -0.15) is 0 Å². The van der Waals surface area contributed by atoms with Crippen LogP contribution in [0, 0.1) is 0 Å². The van der Waals surface area contributed by atoms with Crippen LogP contribution < -0.4 is 15.4 Å². The Morgan fingerprint density at radius 3 is 2.50 bits per heavy atom. The number of hydrogen-bond donors (Lipinski definition) is 2. The van der Waals surface area contributed by atoms with Crippen LogP contribution in [-0.4, -0.2) is 39.3 Å². The molecule has 0 radical (unpaired) electrons. The van der Waals surface area contributed by atoms with Gasteiger partial charge in [0.15, 0.2) is 6.61 Å². The molecule has 2 atom stereocenters. The van der Waals surface area contributed by atoms with Gasteiger partial charge in [0.2, 0.25) is 0 Å². The number of amides is 1. The Balaban J connectivity index is 0.00000392. The third kappa shape index (κ3) is 8.07. The summed E-state index contributed by atoms with van der Waals surface area (Å²) in [6.45, 7) is 2.86. The maximum atomic E-state index is 11.2. The lowest BCUT2D eigenvalue weighted by molar-refractivity contribution is -0.122. The van der Waals surface area contributed by atoms with Gasteiger partial charge in [0.25, 0.3) is 5.91 Å². The number of likely N-dealkylation sites (N-methyl/N-ethyl adjacent to an activating group) is 1. The summed E-state index contributed by atoms with van der Waals surface area (Å²) < 4.78 is 11.0. The van der Waals surface area contributed by atoms with Gasteiger partial charge in [-0.15, -0.1) is 12.4 Å². The fraction of sp³-hybridized carbons (Fsp3) is 0.381. The Hall–Kier alpha value is -1.79. The largest absolute Gasteiger partial charge is 0.484 e. The number of methoxy groups -OCH3 is 1. The average Bonchev–Trinajstić information content (AvgIpc) is 2.67. The van der Waals surface area contributed by atoms with Gasteiger partial charge in [-0.3, -0.25) is 4.79 Å². The quantitative estimate of drug-likeness (QED) is 0.606. The third-order valence-electron chi connectivity index (χ3n) is 4.27. The summed E-state index contributed by atoms with van der Waals surface area (Å²) in [7, 11) is 3.29. The van der Waals surface area contributed by atoms with Gasteiger partial charge in [-0.1, -0.05) is 35.9 Å². The monoisotopic (exact) mass is 426 g/mol. The molecule has 2 rings (SSSR count). The summed E-state index contributed by atoms with van der Waals surface area (Å²) in [6, 6.07) is 15.8. The van der Waals surface area contributed by atoms with Crippen molar-refractivity contribution in [2.75, 3.05) is 27.3 Å². The summed E-state index contributed by atoms with van der Waals surface area (Å²) in [5.74, 6) is 0.535. The molecule has 7 heteroatoms. The van der Waals surface area contributed by atoms with Crippen molar-refractivity contribution >= 4 is 29.9 Å². The zero-order valence-electron chi connectivity index (χ0n) is 16.4. The predicted molar refractivity (Wildman–Crippen MR) is 116 cm³/mol. The SMILES string of the molecule is CNC(=O)COc1ccc(CC(C)NCC(OC)c2cccc(Cl)c2)cc1.Cl. The fourth-order valence-corrected chi connectivity index (χ4v) is 2.92. The number of rotatable bonds is 10. The van der Waals surface area contributed by atoms with Crippen LogP contribution in [-0.2, 0) is 16.0 Å².